The molecule has 1 atom stereocenters. The Labute approximate surface area is 195 Å². The highest BCUT2D eigenvalue weighted by molar-refractivity contribution is 6.51. The average Bonchev–Trinajstić information content (AvgIpc) is 3.10. The summed E-state index contributed by atoms with van der Waals surface area (Å²) < 4.78 is 10.4. The third-order valence-electron chi connectivity index (χ3n) is 5.43. The molecule has 1 heterocycles. The number of anilines is 1. The minimum atomic E-state index is -0.969. The van der Waals surface area contributed by atoms with Crippen LogP contribution >= 0.6 is 11.6 Å². The summed E-state index contributed by atoms with van der Waals surface area (Å²) >= 11 is 5.95. The van der Waals surface area contributed by atoms with Crippen LogP contribution in [0.25, 0.3) is 5.76 Å². The van der Waals surface area contributed by atoms with E-state index in [9.17, 15) is 19.8 Å². The van der Waals surface area contributed by atoms with E-state index in [2.05, 4.69) is 0 Å². The molecule has 0 bridgehead atoms. The molecule has 1 aliphatic heterocycles. The number of hydrogen-bond acceptors (Lipinski definition) is 6. The van der Waals surface area contributed by atoms with Crippen LogP contribution in [-0.2, 0) is 9.59 Å². The predicted molar refractivity (Wildman–Crippen MR) is 124 cm³/mol. The number of carbonyl (C=O) groups excluding carboxylic acids is 2. The van der Waals surface area contributed by atoms with Crippen LogP contribution in [0.3, 0.4) is 0 Å². The van der Waals surface area contributed by atoms with Crippen LogP contribution in [-0.4, -0.2) is 36.1 Å². The molecule has 1 aliphatic rings. The lowest BCUT2D eigenvalue weighted by Gasteiger charge is -2.26. The number of ether oxygens (including phenoxy) is 2. The molecular weight excluding hydrogens is 446 g/mol. The second kappa shape index (κ2) is 8.88. The zero-order chi connectivity index (χ0) is 23.7. The third kappa shape index (κ3) is 3.99. The van der Waals surface area contributed by atoms with E-state index in [0.717, 1.165) is 0 Å². The van der Waals surface area contributed by atoms with Gasteiger partial charge in [0.25, 0.3) is 11.7 Å². The summed E-state index contributed by atoms with van der Waals surface area (Å²) in [5, 5.41) is 21.6. The topological polar surface area (TPSA) is 96.3 Å². The van der Waals surface area contributed by atoms with Gasteiger partial charge in [-0.15, -0.1) is 0 Å². The zero-order valence-corrected chi connectivity index (χ0v) is 18.5. The van der Waals surface area contributed by atoms with E-state index >= 15 is 0 Å². The van der Waals surface area contributed by atoms with E-state index in [-0.39, 0.29) is 22.8 Å². The number of nitrogens with zero attached hydrogens (tertiary/aromatic N) is 1. The van der Waals surface area contributed by atoms with Gasteiger partial charge in [-0.3, -0.25) is 14.5 Å². The number of carbonyl (C=O) groups is 2. The second-order valence-corrected chi connectivity index (χ2v) is 7.74. The summed E-state index contributed by atoms with van der Waals surface area (Å²) in [6, 6.07) is 16.5. The fourth-order valence-electron chi connectivity index (χ4n) is 3.78. The molecule has 0 aromatic heterocycles. The number of rotatable bonds is 5. The highest BCUT2D eigenvalue weighted by Gasteiger charge is 2.47. The fraction of sp³-hybridized carbons (Fsp3) is 0.120. The maximum atomic E-state index is 13.2. The van der Waals surface area contributed by atoms with Crippen molar-refractivity contribution in [1.29, 1.82) is 0 Å². The Morgan fingerprint density at radius 3 is 2.21 bits per heavy atom. The van der Waals surface area contributed by atoms with Crippen LogP contribution < -0.4 is 14.4 Å². The summed E-state index contributed by atoms with van der Waals surface area (Å²) in [6.07, 6.45) is 0. The van der Waals surface area contributed by atoms with Crippen LogP contribution in [0.2, 0.25) is 5.02 Å². The first-order valence-electron chi connectivity index (χ1n) is 9.93. The highest BCUT2D eigenvalue weighted by atomic mass is 35.5. The van der Waals surface area contributed by atoms with E-state index < -0.39 is 17.7 Å². The first kappa shape index (κ1) is 22.2. The van der Waals surface area contributed by atoms with Crippen molar-refractivity contribution >= 4 is 34.7 Å². The minimum Gasteiger partial charge on any atom is -0.507 e. The molecule has 1 unspecified atom stereocenters. The molecule has 0 radical (unpaired) electrons. The monoisotopic (exact) mass is 465 g/mol. The van der Waals surface area contributed by atoms with E-state index in [4.69, 9.17) is 21.1 Å². The molecule has 168 valence electrons. The standard InChI is InChI=1S/C25H20ClNO6/c1-32-18-10-8-17(9-11-18)27-22(15-5-12-19(28)20(13-15)33-2)21(24(30)25(27)31)23(29)14-3-6-16(26)7-4-14/h3-13,22,28-29H,1-2H3/b23-21+. The van der Waals surface area contributed by atoms with Crippen molar-refractivity contribution in [2.75, 3.05) is 19.1 Å². The summed E-state index contributed by atoms with van der Waals surface area (Å²) in [5.74, 6) is -1.32. The molecule has 3 aromatic rings. The molecule has 2 N–H and O–H groups in total. The van der Waals surface area contributed by atoms with Crippen LogP contribution in [0, 0.1) is 0 Å². The predicted octanol–water partition coefficient (Wildman–Crippen LogP) is 4.69. The van der Waals surface area contributed by atoms with Crippen molar-refractivity contribution in [3.05, 3.63) is 88.5 Å². The molecule has 33 heavy (non-hydrogen) atoms. The molecule has 8 heteroatoms. The van der Waals surface area contributed by atoms with E-state index in [1.54, 1.807) is 54.6 Å². The quantitative estimate of drug-likeness (QED) is 0.322. The van der Waals surface area contributed by atoms with Crippen molar-refractivity contribution in [2.24, 2.45) is 0 Å². The molecule has 1 saturated heterocycles. The molecule has 7 nitrogen and oxygen atoms in total. The van der Waals surface area contributed by atoms with Gasteiger partial charge in [0.1, 0.15) is 11.5 Å². The van der Waals surface area contributed by atoms with E-state index in [1.807, 2.05) is 0 Å². The van der Waals surface area contributed by atoms with Crippen molar-refractivity contribution in [3.63, 3.8) is 0 Å². The van der Waals surface area contributed by atoms with Gasteiger partial charge in [-0.25, -0.2) is 0 Å². The molecule has 4 rings (SSSR count). The van der Waals surface area contributed by atoms with Gasteiger partial charge < -0.3 is 19.7 Å². The van der Waals surface area contributed by atoms with Gasteiger partial charge in [0, 0.05) is 16.3 Å². The molecule has 1 amide bonds. The summed E-state index contributed by atoms with van der Waals surface area (Å²) in [6.45, 7) is 0. The Bertz CT molecular complexity index is 1250. The third-order valence-corrected chi connectivity index (χ3v) is 5.68. The lowest BCUT2D eigenvalue weighted by molar-refractivity contribution is -0.132. The van der Waals surface area contributed by atoms with Gasteiger partial charge >= 0.3 is 0 Å². The first-order valence-corrected chi connectivity index (χ1v) is 10.3. The summed E-state index contributed by atoms with van der Waals surface area (Å²) in [5.41, 5.74) is 1.15. The first-order chi connectivity index (χ1) is 15.8. The van der Waals surface area contributed by atoms with Gasteiger partial charge in [-0.2, -0.15) is 0 Å². The molecule has 0 saturated carbocycles. The molecule has 3 aromatic carbocycles. The summed E-state index contributed by atoms with van der Waals surface area (Å²) in [7, 11) is 2.92. The molecule has 1 fully saturated rings. The normalized spacial score (nSPS) is 17.3. The number of ketones is 1. The Balaban J connectivity index is 1.94. The van der Waals surface area contributed by atoms with Gasteiger partial charge in [0.2, 0.25) is 0 Å². The number of halogens is 1. The number of aliphatic hydroxyl groups excluding tert-OH is 1. The average molecular weight is 466 g/mol. The van der Waals surface area contributed by atoms with Crippen molar-refractivity contribution in [1.82, 2.24) is 0 Å². The summed E-state index contributed by atoms with van der Waals surface area (Å²) in [4.78, 5) is 27.6. The molecule has 0 aliphatic carbocycles. The van der Waals surface area contributed by atoms with E-state index in [0.29, 0.717) is 27.6 Å². The minimum absolute atomic E-state index is 0.0918. The van der Waals surface area contributed by atoms with Gasteiger partial charge in [0.05, 0.1) is 25.8 Å². The maximum absolute atomic E-state index is 13.2. The number of aromatic hydroxyl groups is 1. The molecule has 0 spiro atoms. The fourth-order valence-corrected chi connectivity index (χ4v) is 3.91. The number of benzene rings is 3. The number of methoxy groups -OCH3 is 2. The van der Waals surface area contributed by atoms with Gasteiger partial charge in [-0.05, 0) is 66.2 Å². The van der Waals surface area contributed by atoms with Crippen LogP contribution in [0.5, 0.6) is 17.2 Å². The Morgan fingerprint density at radius 2 is 1.61 bits per heavy atom. The smallest absolute Gasteiger partial charge is 0.300 e. The lowest BCUT2D eigenvalue weighted by Crippen LogP contribution is -2.29. The van der Waals surface area contributed by atoms with Crippen LogP contribution in [0.15, 0.2) is 72.3 Å². The second-order valence-electron chi connectivity index (χ2n) is 7.31. The zero-order valence-electron chi connectivity index (χ0n) is 17.8. The van der Waals surface area contributed by atoms with Crippen molar-refractivity contribution in [3.8, 4) is 17.2 Å². The van der Waals surface area contributed by atoms with E-state index in [1.165, 1.54) is 31.3 Å². The van der Waals surface area contributed by atoms with Crippen LogP contribution in [0.4, 0.5) is 5.69 Å². The lowest BCUT2D eigenvalue weighted by atomic mass is 9.94. The SMILES string of the molecule is COc1ccc(N2C(=O)C(=O)/C(=C(/O)c3ccc(Cl)cc3)C2c2ccc(O)c(OC)c2)cc1. The highest BCUT2D eigenvalue weighted by Crippen LogP contribution is 2.44. The number of aliphatic hydroxyl groups is 1. The largest absolute Gasteiger partial charge is 0.507 e. The maximum Gasteiger partial charge on any atom is 0.300 e. The Morgan fingerprint density at radius 1 is 0.939 bits per heavy atom. The van der Waals surface area contributed by atoms with Crippen molar-refractivity contribution < 1.29 is 29.3 Å². The molecular formula is C25H20ClNO6. The number of Topliss-reactive ketones (excluding diaryl/α,β-unsaturated/α-hetero) is 1. The number of phenols is 1. The number of phenolic OH excluding ortho intramolecular Hbond substituents is 1. The van der Waals surface area contributed by atoms with Crippen molar-refractivity contribution in [2.45, 2.75) is 6.04 Å². The Kier molecular flexibility index (Phi) is 5.98. The van der Waals surface area contributed by atoms with Crippen LogP contribution in [0.1, 0.15) is 17.2 Å². The Hall–Kier alpha value is -3.97. The van der Waals surface area contributed by atoms with Gasteiger partial charge in [-0.1, -0.05) is 17.7 Å². The number of amides is 1. The van der Waals surface area contributed by atoms with Gasteiger partial charge in [0.15, 0.2) is 11.5 Å². The number of hydrogen-bond donors (Lipinski definition) is 2.